The summed E-state index contributed by atoms with van der Waals surface area (Å²) in [5.41, 5.74) is 1.96. The first-order valence-corrected chi connectivity index (χ1v) is 11.0. The molecule has 0 radical (unpaired) electrons. The molecule has 0 saturated carbocycles. The van der Waals surface area contributed by atoms with Crippen molar-refractivity contribution in [2.45, 2.75) is 31.5 Å². The number of nitrogens with zero attached hydrogens (tertiary/aromatic N) is 6. The third kappa shape index (κ3) is 4.49. The molecule has 0 aliphatic carbocycles. The molecule has 3 aromatic rings. The standard InChI is InChI=1S/C23H26F2N6O/c24-18-5-3-17(4-6-18)22(23-26-27-28-31(23)16-21-2-1-15-32-21)30-13-11-29(12-14-30)20-9-7-19(25)8-10-20/h3-10,21-22H,1-2,11-16H2/t21-,22-/m0/s1. The highest BCUT2D eigenvalue weighted by atomic mass is 19.1. The Labute approximate surface area is 185 Å². The quantitative estimate of drug-likeness (QED) is 0.587. The van der Waals surface area contributed by atoms with Crippen LogP contribution in [0.15, 0.2) is 48.5 Å². The summed E-state index contributed by atoms with van der Waals surface area (Å²) in [4.78, 5) is 4.57. The molecule has 0 amide bonds. The van der Waals surface area contributed by atoms with E-state index in [1.807, 2.05) is 16.8 Å². The minimum Gasteiger partial charge on any atom is -0.376 e. The lowest BCUT2D eigenvalue weighted by molar-refractivity contribution is 0.0906. The van der Waals surface area contributed by atoms with E-state index in [9.17, 15) is 8.78 Å². The van der Waals surface area contributed by atoms with E-state index in [2.05, 4.69) is 25.3 Å². The summed E-state index contributed by atoms with van der Waals surface area (Å²) >= 11 is 0. The Balaban J connectivity index is 1.38. The fourth-order valence-corrected chi connectivity index (χ4v) is 4.58. The molecule has 0 unspecified atom stereocenters. The molecule has 0 spiro atoms. The van der Waals surface area contributed by atoms with E-state index in [0.717, 1.165) is 62.7 Å². The third-order valence-electron chi connectivity index (χ3n) is 6.26. The van der Waals surface area contributed by atoms with E-state index in [-0.39, 0.29) is 23.8 Å². The number of anilines is 1. The predicted molar refractivity (Wildman–Crippen MR) is 115 cm³/mol. The molecule has 32 heavy (non-hydrogen) atoms. The summed E-state index contributed by atoms with van der Waals surface area (Å²) in [7, 11) is 0. The molecule has 2 saturated heterocycles. The fraction of sp³-hybridized carbons (Fsp3) is 0.435. The highest BCUT2D eigenvalue weighted by Crippen LogP contribution is 2.30. The van der Waals surface area contributed by atoms with Crippen LogP contribution in [0.5, 0.6) is 0 Å². The van der Waals surface area contributed by atoms with Gasteiger partial charge in [-0.25, -0.2) is 13.5 Å². The maximum Gasteiger partial charge on any atom is 0.173 e. The van der Waals surface area contributed by atoms with E-state index < -0.39 is 0 Å². The van der Waals surface area contributed by atoms with Crippen molar-refractivity contribution in [2.24, 2.45) is 0 Å². The number of benzene rings is 2. The Morgan fingerprint density at radius 1 is 0.938 bits per heavy atom. The summed E-state index contributed by atoms with van der Waals surface area (Å²) in [6.45, 7) is 4.50. The Kier molecular flexibility index (Phi) is 6.09. The van der Waals surface area contributed by atoms with Crippen LogP contribution in [0.3, 0.4) is 0 Å². The van der Waals surface area contributed by atoms with Crippen LogP contribution in [0, 0.1) is 11.6 Å². The number of rotatable bonds is 6. The lowest BCUT2D eigenvalue weighted by Crippen LogP contribution is -2.48. The van der Waals surface area contributed by atoms with Crippen molar-refractivity contribution in [1.29, 1.82) is 0 Å². The second-order valence-corrected chi connectivity index (χ2v) is 8.31. The molecule has 0 bridgehead atoms. The predicted octanol–water partition coefficient (Wildman–Crippen LogP) is 3.04. The van der Waals surface area contributed by atoms with Gasteiger partial charge in [0.25, 0.3) is 0 Å². The lowest BCUT2D eigenvalue weighted by atomic mass is 10.0. The highest BCUT2D eigenvalue weighted by Gasteiger charge is 2.31. The van der Waals surface area contributed by atoms with Gasteiger partial charge in [0, 0.05) is 38.5 Å². The van der Waals surface area contributed by atoms with Gasteiger partial charge in [-0.15, -0.1) is 5.10 Å². The van der Waals surface area contributed by atoms with E-state index in [1.54, 1.807) is 12.1 Å². The van der Waals surface area contributed by atoms with Crippen LogP contribution in [0.1, 0.15) is 30.3 Å². The summed E-state index contributed by atoms with van der Waals surface area (Å²) in [6, 6.07) is 13.0. The molecule has 7 nitrogen and oxygen atoms in total. The molecular formula is C23H26F2N6O. The molecule has 0 N–H and O–H groups in total. The maximum atomic E-state index is 13.6. The number of tetrazole rings is 1. The van der Waals surface area contributed by atoms with Gasteiger partial charge < -0.3 is 9.64 Å². The van der Waals surface area contributed by atoms with E-state index in [1.165, 1.54) is 24.3 Å². The van der Waals surface area contributed by atoms with Crippen LogP contribution < -0.4 is 4.90 Å². The molecule has 168 valence electrons. The smallest absolute Gasteiger partial charge is 0.173 e. The van der Waals surface area contributed by atoms with Gasteiger partial charge in [-0.3, -0.25) is 4.90 Å². The molecule has 5 rings (SSSR count). The maximum absolute atomic E-state index is 13.6. The van der Waals surface area contributed by atoms with Crippen molar-refractivity contribution in [2.75, 3.05) is 37.7 Å². The Morgan fingerprint density at radius 2 is 1.62 bits per heavy atom. The van der Waals surface area contributed by atoms with Crippen molar-refractivity contribution in [3.05, 3.63) is 71.6 Å². The number of ether oxygens (including phenoxy) is 1. The van der Waals surface area contributed by atoms with Crippen molar-refractivity contribution in [3.63, 3.8) is 0 Å². The molecule has 3 heterocycles. The normalized spacial score (nSPS) is 20.6. The average molecular weight is 440 g/mol. The molecule has 9 heteroatoms. The van der Waals surface area contributed by atoms with Crippen molar-refractivity contribution in [1.82, 2.24) is 25.1 Å². The fourth-order valence-electron chi connectivity index (χ4n) is 4.58. The van der Waals surface area contributed by atoms with Crippen molar-refractivity contribution < 1.29 is 13.5 Å². The first-order valence-electron chi connectivity index (χ1n) is 11.0. The first kappa shape index (κ1) is 21.0. The zero-order valence-corrected chi connectivity index (χ0v) is 17.8. The molecule has 2 aromatic carbocycles. The largest absolute Gasteiger partial charge is 0.376 e. The molecule has 2 atom stereocenters. The van der Waals surface area contributed by atoms with Gasteiger partial charge in [-0.05, 0) is 65.2 Å². The average Bonchev–Trinajstić information content (AvgIpc) is 3.49. The van der Waals surface area contributed by atoms with Gasteiger partial charge in [0.1, 0.15) is 11.6 Å². The van der Waals surface area contributed by atoms with Crippen LogP contribution in [0.2, 0.25) is 0 Å². The Morgan fingerprint density at radius 3 is 2.28 bits per heavy atom. The Bertz CT molecular complexity index is 1010. The SMILES string of the molecule is Fc1ccc([C@@H](c2nnnn2C[C@@H]2CCCO2)N2CCN(c3ccc(F)cc3)CC2)cc1. The van der Waals surface area contributed by atoms with Crippen LogP contribution in [-0.4, -0.2) is 64.0 Å². The molecule has 1 aromatic heterocycles. The van der Waals surface area contributed by atoms with Crippen LogP contribution in [0.4, 0.5) is 14.5 Å². The van der Waals surface area contributed by atoms with Gasteiger partial charge in [-0.2, -0.15) is 0 Å². The minimum atomic E-state index is -0.271. The summed E-state index contributed by atoms with van der Waals surface area (Å²) in [5.74, 6) is 0.233. The van der Waals surface area contributed by atoms with Crippen molar-refractivity contribution in [3.8, 4) is 0 Å². The highest BCUT2D eigenvalue weighted by molar-refractivity contribution is 5.46. The summed E-state index contributed by atoms with van der Waals surface area (Å²) < 4.78 is 34.6. The minimum absolute atomic E-state index is 0.112. The molecular weight excluding hydrogens is 414 g/mol. The van der Waals surface area contributed by atoms with E-state index in [4.69, 9.17) is 4.74 Å². The van der Waals surface area contributed by atoms with Gasteiger partial charge in [0.05, 0.1) is 18.7 Å². The van der Waals surface area contributed by atoms with Gasteiger partial charge >= 0.3 is 0 Å². The zero-order valence-electron chi connectivity index (χ0n) is 17.8. The van der Waals surface area contributed by atoms with E-state index >= 15 is 0 Å². The molecule has 2 aliphatic heterocycles. The van der Waals surface area contributed by atoms with Gasteiger partial charge in [-0.1, -0.05) is 12.1 Å². The topological polar surface area (TPSA) is 59.3 Å². The van der Waals surface area contributed by atoms with Crippen LogP contribution in [-0.2, 0) is 11.3 Å². The number of halogens is 2. The number of piperazine rings is 1. The lowest BCUT2D eigenvalue weighted by Gasteiger charge is -2.40. The number of hydrogen-bond donors (Lipinski definition) is 0. The summed E-state index contributed by atoms with van der Waals surface area (Å²) in [5, 5.41) is 12.6. The monoisotopic (exact) mass is 440 g/mol. The second kappa shape index (κ2) is 9.30. The van der Waals surface area contributed by atoms with E-state index in [0.29, 0.717) is 6.54 Å². The number of hydrogen-bond acceptors (Lipinski definition) is 6. The van der Waals surface area contributed by atoms with Crippen LogP contribution in [0.25, 0.3) is 0 Å². The molecule has 2 fully saturated rings. The third-order valence-corrected chi connectivity index (χ3v) is 6.26. The number of aromatic nitrogens is 4. The zero-order chi connectivity index (χ0) is 21.9. The van der Waals surface area contributed by atoms with Crippen molar-refractivity contribution >= 4 is 5.69 Å². The van der Waals surface area contributed by atoms with Gasteiger partial charge in [0.15, 0.2) is 5.82 Å². The van der Waals surface area contributed by atoms with Crippen LogP contribution >= 0.6 is 0 Å². The summed E-state index contributed by atoms with van der Waals surface area (Å²) in [6.07, 6.45) is 2.16. The first-order chi connectivity index (χ1) is 15.7. The second-order valence-electron chi connectivity index (χ2n) is 8.31. The Hall–Kier alpha value is -2.91. The van der Waals surface area contributed by atoms with Gasteiger partial charge in [0.2, 0.25) is 0 Å². The molecule has 2 aliphatic rings.